The summed E-state index contributed by atoms with van der Waals surface area (Å²) < 4.78 is 33.1. The Balaban J connectivity index is 1.61. The number of ether oxygens (including phenoxy) is 2. The lowest BCUT2D eigenvalue weighted by Crippen LogP contribution is -2.26. The number of rotatable bonds is 10. The van der Waals surface area contributed by atoms with Crippen LogP contribution in [0.2, 0.25) is 0 Å². The summed E-state index contributed by atoms with van der Waals surface area (Å²) in [6.07, 6.45) is -0.661. The summed E-state index contributed by atoms with van der Waals surface area (Å²) in [6, 6.07) is 14.2. The number of oxazole rings is 1. The molecule has 7 nitrogen and oxygen atoms in total. The van der Waals surface area contributed by atoms with E-state index in [1.54, 1.807) is 50.4 Å². The maximum atomic E-state index is 11.2. The molecule has 2 aromatic carbocycles. The average molecular weight is 388 g/mol. The van der Waals surface area contributed by atoms with Crippen molar-refractivity contribution in [1.82, 2.24) is 4.98 Å². The number of carbonyl (C=O) groups is 1. The molecule has 0 aliphatic rings. The number of likely N-dealkylation sites (N-methyl/N-ethyl adjacent to an activating group) is 1. The molecule has 3 rings (SSSR count). The highest BCUT2D eigenvalue weighted by molar-refractivity contribution is 5.74. The predicted octanol–water partition coefficient (Wildman–Crippen LogP) is 3.38. The number of anilines is 1. The molecule has 0 amide bonds. The summed E-state index contributed by atoms with van der Waals surface area (Å²) >= 11 is 0. The summed E-state index contributed by atoms with van der Waals surface area (Å²) in [7, 11) is 1.55. The lowest BCUT2D eigenvalue weighted by Gasteiger charge is -2.15. The Kier molecular flexibility index (Phi) is 5.63. The first-order valence-electron chi connectivity index (χ1n) is 9.95. The molecule has 148 valence electrons. The van der Waals surface area contributed by atoms with E-state index in [-0.39, 0.29) is 19.0 Å². The van der Waals surface area contributed by atoms with E-state index in [1.807, 2.05) is 12.1 Å². The lowest BCUT2D eigenvalue weighted by atomic mass is 10.1. The number of carboxylic acid groups (broad SMARTS) is 1. The van der Waals surface area contributed by atoms with Crippen molar-refractivity contribution in [1.29, 1.82) is 0 Å². The van der Waals surface area contributed by atoms with Gasteiger partial charge in [0.15, 0.2) is 11.7 Å². The van der Waals surface area contributed by atoms with Crippen molar-refractivity contribution in [2.24, 2.45) is 0 Å². The molecule has 1 N–H and O–H groups in total. The molecule has 0 aliphatic carbocycles. The van der Waals surface area contributed by atoms with Crippen LogP contribution in [-0.4, -0.2) is 48.9 Å². The Hall–Kier alpha value is -3.06. The van der Waals surface area contributed by atoms with Crippen LogP contribution in [0, 0.1) is 0 Å². The summed E-state index contributed by atoms with van der Waals surface area (Å²) in [6.45, 7) is -0.0548. The molecule has 1 unspecified atom stereocenters. The van der Waals surface area contributed by atoms with Crippen LogP contribution in [0.4, 0.5) is 6.01 Å². The van der Waals surface area contributed by atoms with Crippen LogP contribution in [0.1, 0.15) is 15.2 Å². The van der Waals surface area contributed by atoms with Gasteiger partial charge >= 0.3 is 5.97 Å². The zero-order valence-corrected chi connectivity index (χ0v) is 15.8. The van der Waals surface area contributed by atoms with Gasteiger partial charge < -0.3 is 23.9 Å². The maximum Gasteiger partial charge on any atom is 0.333 e. The minimum absolute atomic E-state index is 0.163. The van der Waals surface area contributed by atoms with Crippen LogP contribution >= 0.6 is 0 Å². The predicted molar refractivity (Wildman–Crippen MR) is 106 cm³/mol. The lowest BCUT2D eigenvalue weighted by molar-refractivity contribution is -0.149. The maximum absolute atomic E-state index is 11.2. The number of aromatic nitrogens is 1. The summed E-state index contributed by atoms with van der Waals surface area (Å²) in [5.41, 5.74) is 2.02. The van der Waals surface area contributed by atoms with Crippen LogP contribution in [0.5, 0.6) is 5.75 Å². The molecule has 1 aromatic heterocycles. The Morgan fingerprint density at radius 2 is 2.04 bits per heavy atom. The van der Waals surface area contributed by atoms with Crippen LogP contribution in [-0.2, 0) is 16.0 Å². The Labute approximate surface area is 166 Å². The zero-order valence-electron chi connectivity index (χ0n) is 17.8. The number of nitrogens with zero attached hydrogens (tertiary/aromatic N) is 2. The van der Waals surface area contributed by atoms with Gasteiger partial charge in [0.2, 0.25) is 0 Å². The molecule has 0 bridgehead atoms. The molecule has 1 atom stereocenters. The Morgan fingerprint density at radius 1 is 1.29 bits per heavy atom. The van der Waals surface area contributed by atoms with Gasteiger partial charge in [0.1, 0.15) is 17.9 Å². The molecule has 7 heteroatoms. The molecule has 3 aromatic rings. The van der Waals surface area contributed by atoms with Gasteiger partial charge in [-0.3, -0.25) is 0 Å². The molecule has 0 saturated heterocycles. The van der Waals surface area contributed by atoms with Crippen molar-refractivity contribution >= 4 is 23.1 Å². The van der Waals surface area contributed by atoms with E-state index in [0.717, 1.165) is 5.56 Å². The Bertz CT molecular complexity index is 957. The fourth-order valence-electron chi connectivity index (χ4n) is 2.64. The number of fused-ring (bicyclic) bond motifs is 1. The largest absolute Gasteiger partial charge is 0.492 e. The third-order valence-electron chi connectivity index (χ3n) is 4.10. The molecule has 0 fully saturated rings. The van der Waals surface area contributed by atoms with E-state index in [9.17, 15) is 9.90 Å². The fraction of sp³-hybridized carbons (Fsp3) is 0.333. The van der Waals surface area contributed by atoms with Gasteiger partial charge in [-0.1, -0.05) is 24.3 Å². The normalized spacial score (nSPS) is 13.6. The van der Waals surface area contributed by atoms with E-state index >= 15 is 0 Å². The highest BCUT2D eigenvalue weighted by atomic mass is 16.5. The van der Waals surface area contributed by atoms with Crippen LogP contribution in [0.25, 0.3) is 11.1 Å². The Morgan fingerprint density at radius 3 is 2.71 bits per heavy atom. The fourth-order valence-corrected chi connectivity index (χ4v) is 2.64. The average Bonchev–Trinajstić information content (AvgIpc) is 3.16. The number of carboxylic acids is 1. The highest BCUT2D eigenvalue weighted by Crippen LogP contribution is 2.20. The number of benzene rings is 2. The first-order valence-corrected chi connectivity index (χ1v) is 8.95. The van der Waals surface area contributed by atoms with Gasteiger partial charge in [0, 0.05) is 20.1 Å². The number of aliphatic carboxylic acids is 1. The molecule has 0 saturated carbocycles. The molecule has 0 spiro atoms. The van der Waals surface area contributed by atoms with Gasteiger partial charge in [-0.15, -0.1) is 0 Å². The van der Waals surface area contributed by atoms with Crippen molar-refractivity contribution < 1.29 is 26.5 Å². The van der Waals surface area contributed by atoms with Crippen molar-refractivity contribution in [3.05, 3.63) is 54.1 Å². The SMILES string of the molecule is [3H]C([3H])(COc1ccc(CC(OCC)C(=O)O)cc1)N(C)c1nc2ccccc2o1. The van der Waals surface area contributed by atoms with E-state index < -0.39 is 18.6 Å². The van der Waals surface area contributed by atoms with Gasteiger partial charge in [-0.2, -0.15) is 4.98 Å². The molecule has 28 heavy (non-hydrogen) atoms. The minimum atomic E-state index is -1.87. The highest BCUT2D eigenvalue weighted by Gasteiger charge is 2.17. The van der Waals surface area contributed by atoms with E-state index in [1.165, 1.54) is 4.90 Å². The van der Waals surface area contributed by atoms with Crippen LogP contribution < -0.4 is 9.64 Å². The second kappa shape index (κ2) is 9.23. The van der Waals surface area contributed by atoms with Gasteiger partial charge in [-0.25, -0.2) is 4.79 Å². The summed E-state index contributed by atoms with van der Waals surface area (Å²) in [5.74, 6) is -0.538. The summed E-state index contributed by atoms with van der Waals surface area (Å²) in [4.78, 5) is 16.8. The van der Waals surface area contributed by atoms with Gasteiger partial charge in [0.05, 0.1) is 9.24 Å². The number of hydrogen-bond donors (Lipinski definition) is 1. The van der Waals surface area contributed by atoms with E-state index in [4.69, 9.17) is 16.6 Å². The number of hydrogen-bond acceptors (Lipinski definition) is 6. The third-order valence-corrected chi connectivity index (χ3v) is 4.10. The van der Waals surface area contributed by atoms with Crippen LogP contribution in [0.3, 0.4) is 0 Å². The number of para-hydroxylation sites is 2. The standard InChI is InChI=1S/C21H24N2O5/c1-3-26-19(20(24)25)14-15-8-10-16(11-9-15)27-13-12-23(2)21-22-17-6-4-5-7-18(17)28-21/h4-11,19H,3,12-14H2,1-2H3,(H,24,25)/i12T2. The second-order valence-corrected chi connectivity index (χ2v) is 6.10. The topological polar surface area (TPSA) is 85.0 Å². The molecule has 0 radical (unpaired) electrons. The van der Waals surface area contributed by atoms with E-state index in [2.05, 4.69) is 4.98 Å². The van der Waals surface area contributed by atoms with Crippen molar-refractivity contribution in [3.63, 3.8) is 0 Å². The second-order valence-electron chi connectivity index (χ2n) is 6.10. The third kappa shape index (κ3) is 5.01. The molecular weight excluding hydrogens is 360 g/mol. The van der Waals surface area contributed by atoms with Gasteiger partial charge in [-0.05, 0) is 36.8 Å². The van der Waals surface area contributed by atoms with Crippen molar-refractivity contribution in [3.8, 4) is 5.75 Å². The molecular formula is C21H24N2O5. The monoisotopic (exact) mass is 388 g/mol. The first-order chi connectivity index (χ1) is 14.3. The van der Waals surface area contributed by atoms with Crippen LogP contribution in [0.15, 0.2) is 52.9 Å². The minimum Gasteiger partial charge on any atom is -0.492 e. The van der Waals surface area contributed by atoms with E-state index in [0.29, 0.717) is 23.5 Å². The quantitative estimate of drug-likeness (QED) is 0.570. The first kappa shape index (κ1) is 17.1. The van der Waals surface area contributed by atoms with Gasteiger partial charge in [0.25, 0.3) is 6.01 Å². The molecule has 0 aliphatic heterocycles. The summed E-state index contributed by atoms with van der Waals surface area (Å²) in [5, 5.41) is 9.18. The van der Waals surface area contributed by atoms with Crippen molar-refractivity contribution in [2.75, 3.05) is 31.7 Å². The van der Waals surface area contributed by atoms with Crippen molar-refractivity contribution in [2.45, 2.75) is 19.4 Å². The zero-order chi connectivity index (χ0) is 21.7. The molecule has 1 heterocycles. The smallest absolute Gasteiger partial charge is 0.333 e.